The smallest absolute Gasteiger partial charge is 0.0626 e. The average Bonchev–Trinajstić information content (AvgIpc) is 2.47. The van der Waals surface area contributed by atoms with E-state index >= 15 is 0 Å². The van der Waals surface area contributed by atoms with Crippen molar-refractivity contribution in [3.05, 3.63) is 70.7 Å². The lowest BCUT2D eigenvalue weighted by molar-refractivity contribution is 0.197. The van der Waals surface area contributed by atoms with Crippen LogP contribution in [-0.4, -0.2) is 17.8 Å². The van der Waals surface area contributed by atoms with E-state index in [1.165, 1.54) is 5.56 Å². The predicted molar refractivity (Wildman–Crippen MR) is 86.6 cm³/mol. The average molecular weight is 302 g/mol. The summed E-state index contributed by atoms with van der Waals surface area (Å²) in [4.78, 5) is 0. The second-order valence-electron chi connectivity index (χ2n) is 5.73. The Kier molecular flexibility index (Phi) is 4.59. The van der Waals surface area contributed by atoms with Crippen molar-refractivity contribution in [1.29, 1.82) is 0 Å². The maximum absolute atomic E-state index is 9.59. The molecule has 1 aliphatic rings. The zero-order chi connectivity index (χ0) is 14.7. The van der Waals surface area contributed by atoms with Crippen molar-refractivity contribution < 1.29 is 5.11 Å². The molecule has 0 radical (unpaired) electrons. The predicted octanol–water partition coefficient (Wildman–Crippen LogP) is 3.91. The highest BCUT2D eigenvalue weighted by molar-refractivity contribution is 6.30. The Bertz CT molecular complexity index is 581. The van der Waals surface area contributed by atoms with Crippen LogP contribution in [-0.2, 0) is 0 Å². The Morgan fingerprint density at radius 2 is 1.86 bits per heavy atom. The number of aliphatic hydroxyl groups excluding tert-OH is 1. The van der Waals surface area contributed by atoms with Crippen LogP contribution in [0.15, 0.2) is 54.6 Å². The van der Waals surface area contributed by atoms with Crippen LogP contribution in [0.2, 0.25) is 5.02 Å². The molecule has 1 saturated carbocycles. The minimum absolute atomic E-state index is 0.0245. The molecule has 0 aromatic heterocycles. The first-order valence-corrected chi connectivity index (χ1v) is 7.81. The van der Waals surface area contributed by atoms with Crippen LogP contribution in [0.1, 0.15) is 35.9 Å². The maximum atomic E-state index is 9.59. The lowest BCUT2D eigenvalue weighted by Gasteiger charge is -2.38. The minimum atomic E-state index is 0.0245. The molecular weight excluding hydrogens is 282 g/mol. The third kappa shape index (κ3) is 3.46. The summed E-state index contributed by atoms with van der Waals surface area (Å²) >= 11 is 6.04. The number of rotatable bonds is 5. The van der Waals surface area contributed by atoms with Crippen molar-refractivity contribution in [1.82, 2.24) is 5.32 Å². The SMILES string of the molecule is OCC(NC1CC(c2cccc(Cl)c2)C1)c1ccccc1. The van der Waals surface area contributed by atoms with Gasteiger partial charge in [0.15, 0.2) is 0 Å². The zero-order valence-corrected chi connectivity index (χ0v) is 12.6. The van der Waals surface area contributed by atoms with Gasteiger partial charge in [0.1, 0.15) is 0 Å². The van der Waals surface area contributed by atoms with Gasteiger partial charge in [-0.05, 0) is 42.0 Å². The third-order valence-electron chi connectivity index (χ3n) is 4.28. The molecule has 0 heterocycles. The molecule has 110 valence electrons. The standard InChI is InChI=1S/C18H20ClNO/c19-16-8-4-7-14(9-16)15-10-17(11-15)20-18(12-21)13-5-2-1-3-6-13/h1-9,15,17-18,20-21H,10-12H2. The van der Waals surface area contributed by atoms with Gasteiger partial charge in [-0.2, -0.15) is 0 Å². The van der Waals surface area contributed by atoms with Crippen molar-refractivity contribution >= 4 is 11.6 Å². The monoisotopic (exact) mass is 301 g/mol. The van der Waals surface area contributed by atoms with Gasteiger partial charge in [-0.3, -0.25) is 0 Å². The summed E-state index contributed by atoms with van der Waals surface area (Å²) < 4.78 is 0. The molecule has 0 spiro atoms. The first-order chi connectivity index (χ1) is 10.3. The molecule has 1 atom stereocenters. The second kappa shape index (κ2) is 6.61. The molecule has 2 N–H and O–H groups in total. The highest BCUT2D eigenvalue weighted by Crippen LogP contribution is 2.38. The topological polar surface area (TPSA) is 32.3 Å². The van der Waals surface area contributed by atoms with Crippen LogP contribution in [0.4, 0.5) is 0 Å². The molecule has 1 fully saturated rings. The minimum Gasteiger partial charge on any atom is -0.394 e. The molecule has 1 unspecified atom stereocenters. The Morgan fingerprint density at radius 3 is 2.52 bits per heavy atom. The number of aliphatic hydroxyl groups is 1. The molecule has 0 bridgehead atoms. The molecular formula is C18H20ClNO. The lowest BCUT2D eigenvalue weighted by atomic mass is 9.75. The molecule has 0 aliphatic heterocycles. The van der Waals surface area contributed by atoms with Gasteiger partial charge in [-0.25, -0.2) is 0 Å². The molecule has 1 aliphatic carbocycles. The molecule has 3 rings (SSSR count). The van der Waals surface area contributed by atoms with Gasteiger partial charge in [0.25, 0.3) is 0 Å². The summed E-state index contributed by atoms with van der Waals surface area (Å²) in [7, 11) is 0. The number of hydrogen-bond donors (Lipinski definition) is 2. The summed E-state index contributed by atoms with van der Waals surface area (Å²) in [5, 5.41) is 13.9. The zero-order valence-electron chi connectivity index (χ0n) is 11.9. The molecule has 2 aromatic carbocycles. The van der Waals surface area contributed by atoms with Crippen molar-refractivity contribution in [2.75, 3.05) is 6.61 Å². The van der Waals surface area contributed by atoms with Crippen molar-refractivity contribution in [2.45, 2.75) is 30.8 Å². The highest BCUT2D eigenvalue weighted by Gasteiger charge is 2.31. The van der Waals surface area contributed by atoms with Gasteiger partial charge < -0.3 is 10.4 Å². The van der Waals surface area contributed by atoms with Crippen LogP contribution >= 0.6 is 11.6 Å². The van der Waals surface area contributed by atoms with E-state index in [9.17, 15) is 5.11 Å². The molecule has 2 nitrogen and oxygen atoms in total. The van der Waals surface area contributed by atoms with Gasteiger partial charge in [0.05, 0.1) is 12.6 Å². The second-order valence-corrected chi connectivity index (χ2v) is 6.17. The quantitative estimate of drug-likeness (QED) is 0.877. The summed E-state index contributed by atoms with van der Waals surface area (Å²) in [5.74, 6) is 0.580. The molecule has 0 amide bonds. The Balaban J connectivity index is 1.57. The van der Waals surface area contributed by atoms with Crippen LogP contribution in [0, 0.1) is 0 Å². The Labute approximate surface area is 130 Å². The van der Waals surface area contributed by atoms with Crippen molar-refractivity contribution in [2.24, 2.45) is 0 Å². The molecule has 3 heteroatoms. The van der Waals surface area contributed by atoms with Crippen LogP contribution in [0.25, 0.3) is 0 Å². The number of nitrogens with one attached hydrogen (secondary N) is 1. The van der Waals surface area contributed by atoms with E-state index in [4.69, 9.17) is 11.6 Å². The first kappa shape index (κ1) is 14.6. The fourth-order valence-corrected chi connectivity index (χ4v) is 3.21. The van der Waals surface area contributed by atoms with E-state index in [-0.39, 0.29) is 12.6 Å². The van der Waals surface area contributed by atoms with E-state index in [2.05, 4.69) is 29.6 Å². The highest BCUT2D eigenvalue weighted by atomic mass is 35.5. The number of hydrogen-bond acceptors (Lipinski definition) is 2. The van der Waals surface area contributed by atoms with Gasteiger partial charge in [-0.1, -0.05) is 54.1 Å². The largest absolute Gasteiger partial charge is 0.394 e. The summed E-state index contributed by atoms with van der Waals surface area (Å²) in [6.07, 6.45) is 2.20. The van der Waals surface area contributed by atoms with E-state index in [0.29, 0.717) is 12.0 Å². The molecule has 21 heavy (non-hydrogen) atoms. The fraction of sp³-hybridized carbons (Fsp3) is 0.333. The van der Waals surface area contributed by atoms with E-state index < -0.39 is 0 Å². The van der Waals surface area contributed by atoms with Gasteiger partial charge in [-0.15, -0.1) is 0 Å². The number of halogens is 1. The van der Waals surface area contributed by atoms with E-state index in [1.807, 2.05) is 30.3 Å². The molecule has 0 saturated heterocycles. The van der Waals surface area contributed by atoms with E-state index in [0.717, 1.165) is 23.4 Å². The van der Waals surface area contributed by atoms with Crippen molar-refractivity contribution in [3.63, 3.8) is 0 Å². The Morgan fingerprint density at radius 1 is 1.10 bits per heavy atom. The lowest BCUT2D eigenvalue weighted by Crippen LogP contribution is -2.43. The van der Waals surface area contributed by atoms with Gasteiger partial charge in [0, 0.05) is 11.1 Å². The van der Waals surface area contributed by atoms with Crippen molar-refractivity contribution in [3.8, 4) is 0 Å². The first-order valence-electron chi connectivity index (χ1n) is 7.43. The Hall–Kier alpha value is -1.35. The van der Waals surface area contributed by atoms with Gasteiger partial charge in [0.2, 0.25) is 0 Å². The summed E-state index contributed by atoms with van der Waals surface area (Å²) in [5.41, 5.74) is 2.46. The van der Waals surface area contributed by atoms with Crippen LogP contribution < -0.4 is 5.32 Å². The third-order valence-corrected chi connectivity index (χ3v) is 4.51. The summed E-state index contributed by atoms with van der Waals surface area (Å²) in [6.45, 7) is 0.127. The fourth-order valence-electron chi connectivity index (χ4n) is 3.01. The van der Waals surface area contributed by atoms with E-state index in [1.54, 1.807) is 0 Å². The summed E-state index contributed by atoms with van der Waals surface area (Å²) in [6, 6.07) is 18.7. The van der Waals surface area contributed by atoms with Crippen LogP contribution in [0.5, 0.6) is 0 Å². The molecule has 2 aromatic rings. The van der Waals surface area contributed by atoms with Crippen LogP contribution in [0.3, 0.4) is 0 Å². The number of benzene rings is 2. The maximum Gasteiger partial charge on any atom is 0.0626 e. The normalized spacial score (nSPS) is 22.6. The van der Waals surface area contributed by atoms with Gasteiger partial charge >= 0.3 is 0 Å².